The van der Waals surface area contributed by atoms with Crippen molar-refractivity contribution in [3.05, 3.63) is 35.0 Å². The third-order valence-electron chi connectivity index (χ3n) is 11.1. The van der Waals surface area contributed by atoms with E-state index in [2.05, 4.69) is 42.2 Å². The van der Waals surface area contributed by atoms with E-state index in [-0.39, 0.29) is 80.5 Å². The number of rotatable bonds is 28. The number of ketones is 2. The van der Waals surface area contributed by atoms with Gasteiger partial charge in [0, 0.05) is 32.8 Å². The average molecular weight is 931 g/mol. The first-order valence-corrected chi connectivity index (χ1v) is 22.1. The summed E-state index contributed by atoms with van der Waals surface area (Å²) < 4.78 is 31.8. The van der Waals surface area contributed by atoms with E-state index < -0.39 is 94.6 Å². The summed E-state index contributed by atoms with van der Waals surface area (Å²) in [5.41, 5.74) is -2.43. The van der Waals surface area contributed by atoms with Crippen LogP contribution < -0.4 is 31.9 Å². The lowest BCUT2D eigenvalue weighted by Crippen LogP contribution is -2.59. The zero-order chi connectivity index (χ0) is 49.1. The molecule has 2 aliphatic rings. The highest BCUT2D eigenvalue weighted by Crippen LogP contribution is 2.36. The molecule has 2 fully saturated rings. The lowest BCUT2D eigenvalue weighted by molar-refractivity contribution is -0.134. The van der Waals surface area contributed by atoms with Crippen LogP contribution in [0, 0.1) is 24.7 Å². The summed E-state index contributed by atoms with van der Waals surface area (Å²) in [4.78, 5) is 107. The van der Waals surface area contributed by atoms with Gasteiger partial charge in [-0.25, -0.2) is 0 Å². The molecule has 8 atom stereocenters. The van der Waals surface area contributed by atoms with Gasteiger partial charge in [0.1, 0.15) is 41.3 Å². The quantitative estimate of drug-likeness (QED) is 0.0633. The third kappa shape index (κ3) is 14.7. The predicted molar refractivity (Wildman–Crippen MR) is 233 cm³/mol. The molecule has 0 bridgehead atoms. The summed E-state index contributed by atoms with van der Waals surface area (Å²) in [6, 6.07) is -3.69. The summed E-state index contributed by atoms with van der Waals surface area (Å²) in [6.07, 6.45) is 0.829. The first-order chi connectivity index (χ1) is 31.0. The molecule has 0 radical (unpaired) electrons. The summed E-state index contributed by atoms with van der Waals surface area (Å²) in [5, 5.41) is 23.4. The zero-order valence-corrected chi connectivity index (χ0v) is 39.6. The number of ether oxygens (including phenoxy) is 4. The van der Waals surface area contributed by atoms with E-state index in [1.54, 1.807) is 27.7 Å². The van der Waals surface area contributed by atoms with Crippen molar-refractivity contribution < 1.29 is 66.3 Å². The fourth-order valence-electron chi connectivity index (χ4n) is 7.06. The minimum absolute atomic E-state index is 0.0194. The van der Waals surface area contributed by atoms with Gasteiger partial charge in [-0.3, -0.25) is 38.4 Å². The highest BCUT2D eigenvalue weighted by atomic mass is 16.6. The minimum atomic E-state index is -1.28. The second kappa shape index (κ2) is 23.2. The maximum atomic E-state index is 14.1. The Balaban J connectivity index is 1.35. The Bertz CT molecular complexity index is 2060. The van der Waals surface area contributed by atoms with Crippen LogP contribution in [0.2, 0.25) is 0 Å². The average Bonchev–Trinajstić information content (AvgIpc) is 4.10. The molecule has 66 heavy (non-hydrogen) atoms. The lowest BCUT2D eigenvalue weighted by atomic mass is 9.89. The van der Waals surface area contributed by atoms with Crippen LogP contribution in [0.4, 0.5) is 0 Å². The molecule has 22 heteroatoms. The molecule has 2 aromatic heterocycles. The third-order valence-corrected chi connectivity index (χ3v) is 11.1. The van der Waals surface area contributed by atoms with Gasteiger partial charge >= 0.3 is 0 Å². The lowest BCUT2D eigenvalue weighted by Gasteiger charge is -2.28. The first-order valence-electron chi connectivity index (χ1n) is 22.1. The van der Waals surface area contributed by atoms with E-state index in [0.717, 1.165) is 0 Å². The highest BCUT2D eigenvalue weighted by molar-refractivity contribution is 6.01. The van der Waals surface area contributed by atoms with E-state index in [1.165, 1.54) is 33.3 Å². The molecule has 0 aromatic carbocycles. The fourth-order valence-corrected chi connectivity index (χ4v) is 7.06. The van der Waals surface area contributed by atoms with Crippen LogP contribution in [0.25, 0.3) is 0 Å². The number of hydrogen-bond acceptors (Lipinski definition) is 16. The molecule has 4 heterocycles. The Kier molecular flexibility index (Phi) is 18.7. The van der Waals surface area contributed by atoms with Crippen molar-refractivity contribution in [1.82, 2.24) is 42.2 Å². The number of epoxide rings is 2. The van der Waals surface area contributed by atoms with Crippen LogP contribution in [-0.2, 0) is 54.1 Å². The number of Topliss-reactive ketones (excluding diaryl/α,β-unsaturated/α-hetero) is 2. The molecular weight excluding hydrogens is 865 g/mol. The molecule has 2 aromatic rings. The summed E-state index contributed by atoms with van der Waals surface area (Å²) in [7, 11) is 2.68. The van der Waals surface area contributed by atoms with Crippen molar-refractivity contribution in [3.63, 3.8) is 0 Å². The zero-order valence-electron chi connectivity index (χ0n) is 39.6. The number of carbonyl (C=O) groups excluding carboxylic acids is 8. The van der Waals surface area contributed by atoms with E-state index >= 15 is 0 Å². The monoisotopic (exact) mass is 930 g/mol. The van der Waals surface area contributed by atoms with Crippen LogP contribution >= 0.6 is 0 Å². The van der Waals surface area contributed by atoms with Gasteiger partial charge in [0.15, 0.2) is 28.6 Å². The summed E-state index contributed by atoms with van der Waals surface area (Å²) in [5.74, 6) is -4.45. The van der Waals surface area contributed by atoms with Gasteiger partial charge in [-0.15, -0.1) is 0 Å². The van der Waals surface area contributed by atoms with Gasteiger partial charge in [-0.2, -0.15) is 0 Å². The number of nitrogens with zero attached hydrogens (tertiary/aromatic N) is 2. The van der Waals surface area contributed by atoms with Crippen LogP contribution in [0.1, 0.15) is 107 Å². The van der Waals surface area contributed by atoms with Crippen LogP contribution in [0.15, 0.2) is 21.2 Å². The molecular formula is C44H66N8O14. The number of methoxy groups -OCH3 is 2. The molecule has 5 unspecified atom stereocenters. The predicted octanol–water partition coefficient (Wildman–Crippen LogP) is 0.497. The van der Waals surface area contributed by atoms with Gasteiger partial charge in [-0.05, 0) is 57.8 Å². The molecule has 0 aliphatic carbocycles. The Morgan fingerprint density at radius 3 is 1.65 bits per heavy atom. The van der Waals surface area contributed by atoms with Crippen molar-refractivity contribution in [2.24, 2.45) is 17.8 Å². The van der Waals surface area contributed by atoms with Crippen molar-refractivity contribution in [1.29, 1.82) is 0 Å². The molecule has 4 rings (SSSR count). The Hall–Kier alpha value is -5.58. The highest BCUT2D eigenvalue weighted by Gasteiger charge is 2.54. The molecule has 6 amide bonds. The number of aryl methyl sites for hydroxylation is 2. The van der Waals surface area contributed by atoms with Crippen LogP contribution in [0.3, 0.4) is 0 Å². The number of amides is 6. The minimum Gasteiger partial charge on any atom is -0.382 e. The summed E-state index contributed by atoms with van der Waals surface area (Å²) in [6.45, 7) is 15.6. The molecule has 6 N–H and O–H groups in total. The number of hydrogen-bond donors (Lipinski definition) is 6. The van der Waals surface area contributed by atoms with Crippen LogP contribution in [0.5, 0.6) is 0 Å². The van der Waals surface area contributed by atoms with Crippen molar-refractivity contribution in [3.8, 4) is 0 Å². The molecule has 0 spiro atoms. The molecule has 2 saturated heterocycles. The maximum Gasteiger partial charge on any atom is 0.274 e. The van der Waals surface area contributed by atoms with Gasteiger partial charge in [0.05, 0.1) is 38.5 Å². The molecule has 22 nitrogen and oxygen atoms in total. The normalized spacial score (nSPS) is 20.3. The van der Waals surface area contributed by atoms with Gasteiger partial charge < -0.3 is 59.9 Å². The van der Waals surface area contributed by atoms with E-state index in [1.807, 2.05) is 27.7 Å². The maximum absolute atomic E-state index is 14.1. The second-order valence-electron chi connectivity index (χ2n) is 18.3. The molecule has 2 aliphatic heterocycles. The van der Waals surface area contributed by atoms with E-state index in [4.69, 9.17) is 28.0 Å². The van der Waals surface area contributed by atoms with Crippen molar-refractivity contribution >= 4 is 47.0 Å². The van der Waals surface area contributed by atoms with Crippen molar-refractivity contribution in [2.45, 2.75) is 135 Å². The smallest absolute Gasteiger partial charge is 0.274 e. The molecule has 366 valence electrons. The van der Waals surface area contributed by atoms with Crippen molar-refractivity contribution in [2.75, 3.05) is 40.6 Å². The van der Waals surface area contributed by atoms with Gasteiger partial charge in [-0.1, -0.05) is 51.9 Å². The van der Waals surface area contributed by atoms with E-state index in [9.17, 15) is 38.4 Å². The molecule has 0 saturated carbocycles. The SMILES string of the molecule is COCC(NC(=O)c1cc(CC[C@]2(C(=O)C(CC(C)C)NC(=O)[C@H](COC)NC(=O)C(C)NC(=O)c3cc(C)on3)CO2)on1)C(=O)NC(C(=O)NC(CC(C)C)C(=O)[C@@]1(C)CO1)C(C)C. The van der Waals surface area contributed by atoms with Gasteiger partial charge in [0.2, 0.25) is 23.6 Å². The standard InChI is InChI=1S/C44H66N8O14/c1-22(2)14-28(35(53)43(9)20-63-43)47-42(60)34(24(5)6)50-41(59)33(19-62-11)49-39(57)31-17-27(66-52-31)12-13-44(21-64-44)36(54)29(15-23(3)4)46-40(58)32(18-61-10)48-37(55)26(8)45-38(56)30-16-25(7)65-51-30/h16-17,22-24,26,28-29,32-34H,12-15,18-21H2,1-11H3,(H,45,56)(H,46,58)(H,47,60)(H,48,55)(H,49,57)(H,50,59)/t26?,28?,29?,32-,33?,34?,43+,44+/m0/s1. The topological polar surface area (TPSA) is 304 Å². The van der Waals surface area contributed by atoms with Gasteiger partial charge in [0.25, 0.3) is 11.8 Å². The van der Waals surface area contributed by atoms with Crippen LogP contribution in [-0.4, -0.2) is 145 Å². The largest absolute Gasteiger partial charge is 0.382 e. The fraction of sp³-hybridized carbons (Fsp3) is 0.682. The summed E-state index contributed by atoms with van der Waals surface area (Å²) >= 11 is 0. The second-order valence-corrected chi connectivity index (χ2v) is 18.3. The number of nitrogens with one attached hydrogen (secondary N) is 6. The first kappa shape index (κ1) is 53.0. The Labute approximate surface area is 383 Å². The number of carbonyl (C=O) groups is 8. The Morgan fingerprint density at radius 2 is 1.14 bits per heavy atom. The van der Waals surface area contributed by atoms with E-state index in [0.29, 0.717) is 12.2 Å². The Morgan fingerprint density at radius 1 is 0.636 bits per heavy atom. The number of aromatic nitrogens is 2.